The van der Waals surface area contributed by atoms with Crippen molar-refractivity contribution in [1.82, 2.24) is 14.5 Å². The van der Waals surface area contributed by atoms with Gasteiger partial charge >= 0.3 is 0 Å². The molecule has 0 aliphatic carbocycles. The fraction of sp³-hybridized carbons (Fsp3) is 0.269. The molecule has 3 heterocycles. The molecule has 1 aromatic carbocycles. The molecule has 0 spiro atoms. The average molecular weight is 477 g/mol. The molecule has 0 radical (unpaired) electrons. The van der Waals surface area contributed by atoms with E-state index in [0.717, 1.165) is 15.8 Å². The molecule has 0 aliphatic rings. The Morgan fingerprint density at radius 1 is 1.12 bits per heavy atom. The summed E-state index contributed by atoms with van der Waals surface area (Å²) in [6.07, 6.45) is 4.03. The zero-order valence-corrected chi connectivity index (χ0v) is 20.8. The minimum absolute atomic E-state index is 0.0971. The summed E-state index contributed by atoms with van der Waals surface area (Å²) in [6.45, 7) is 2.08. The number of ether oxygens (including phenoxy) is 2. The monoisotopic (exact) mass is 476 g/mol. The maximum atomic E-state index is 13.3. The van der Waals surface area contributed by atoms with Crippen molar-refractivity contribution < 1.29 is 9.47 Å². The number of hydrogen-bond acceptors (Lipinski definition) is 7. The maximum Gasteiger partial charge on any atom is 0.273 e. The molecule has 8 heteroatoms. The van der Waals surface area contributed by atoms with Crippen LogP contribution in [-0.4, -0.2) is 54.5 Å². The van der Waals surface area contributed by atoms with Gasteiger partial charge in [0.15, 0.2) is 11.5 Å². The van der Waals surface area contributed by atoms with Gasteiger partial charge in [-0.25, -0.2) is 0 Å². The van der Waals surface area contributed by atoms with Crippen molar-refractivity contribution >= 4 is 27.1 Å². The van der Waals surface area contributed by atoms with Crippen molar-refractivity contribution in [3.63, 3.8) is 0 Å². The quantitative estimate of drug-likeness (QED) is 0.368. The van der Waals surface area contributed by atoms with Crippen molar-refractivity contribution in [3.05, 3.63) is 70.9 Å². The highest BCUT2D eigenvalue weighted by molar-refractivity contribution is 7.22. The van der Waals surface area contributed by atoms with Gasteiger partial charge in [-0.2, -0.15) is 0 Å². The van der Waals surface area contributed by atoms with E-state index in [9.17, 15) is 4.79 Å². The molecule has 4 rings (SSSR count). The van der Waals surface area contributed by atoms with E-state index in [4.69, 9.17) is 14.9 Å². The van der Waals surface area contributed by atoms with E-state index in [-0.39, 0.29) is 11.6 Å². The Bertz CT molecular complexity index is 1390. The summed E-state index contributed by atoms with van der Waals surface area (Å²) < 4.78 is 13.0. The van der Waals surface area contributed by atoms with Crippen LogP contribution in [0.3, 0.4) is 0 Å². The lowest BCUT2D eigenvalue weighted by Gasteiger charge is -2.19. The third-order valence-electron chi connectivity index (χ3n) is 5.96. The number of aromatic nitrogens is 2. The lowest BCUT2D eigenvalue weighted by atomic mass is 10.1. The Morgan fingerprint density at radius 2 is 1.88 bits per heavy atom. The van der Waals surface area contributed by atoms with Crippen LogP contribution in [0.15, 0.2) is 59.7 Å². The van der Waals surface area contributed by atoms with Crippen LogP contribution in [-0.2, 0) is 0 Å². The highest BCUT2D eigenvalue weighted by Gasteiger charge is 2.14. The number of benzene rings is 1. The minimum atomic E-state index is -0.0971. The fourth-order valence-electron chi connectivity index (χ4n) is 3.65. The van der Waals surface area contributed by atoms with Crippen molar-refractivity contribution in [2.45, 2.75) is 19.4 Å². The molecular weight excluding hydrogens is 448 g/mol. The van der Waals surface area contributed by atoms with Crippen LogP contribution in [0.25, 0.3) is 26.2 Å². The zero-order valence-electron chi connectivity index (χ0n) is 20.0. The van der Waals surface area contributed by atoms with Gasteiger partial charge in [0.2, 0.25) is 0 Å². The van der Waals surface area contributed by atoms with Gasteiger partial charge in [-0.05, 0) is 69.0 Å². The van der Waals surface area contributed by atoms with Crippen LogP contribution in [0.5, 0.6) is 11.5 Å². The second-order valence-electron chi connectivity index (χ2n) is 8.35. The summed E-state index contributed by atoms with van der Waals surface area (Å²) in [5.74, 6) is 1.31. The Labute approximate surface area is 202 Å². The van der Waals surface area contributed by atoms with Gasteiger partial charge in [-0.1, -0.05) is 0 Å². The van der Waals surface area contributed by atoms with Gasteiger partial charge < -0.3 is 19.8 Å². The number of nitrogens with zero attached hydrogens (tertiary/aromatic N) is 3. The molecule has 4 aromatic rings. The predicted molar refractivity (Wildman–Crippen MR) is 138 cm³/mol. The smallest absolute Gasteiger partial charge is 0.273 e. The Morgan fingerprint density at radius 3 is 2.53 bits per heavy atom. The molecule has 0 fully saturated rings. The SMILES string of the molecule is COc1ccc(-c2cc3ccn(-c4ccc(C(=N)C[C@@H](C)N(C)C)nc4)c(=O)c3s2)cc1OC. The Hall–Kier alpha value is -3.49. The first-order chi connectivity index (χ1) is 16.3. The van der Waals surface area contributed by atoms with E-state index >= 15 is 0 Å². The third-order valence-corrected chi connectivity index (χ3v) is 7.15. The normalized spacial score (nSPS) is 12.2. The fourth-order valence-corrected chi connectivity index (χ4v) is 4.73. The average Bonchev–Trinajstić information content (AvgIpc) is 3.29. The highest BCUT2D eigenvalue weighted by Crippen LogP contribution is 2.37. The van der Waals surface area contributed by atoms with E-state index in [1.807, 2.05) is 50.5 Å². The van der Waals surface area contributed by atoms with Gasteiger partial charge in [0.25, 0.3) is 5.56 Å². The van der Waals surface area contributed by atoms with Crippen molar-refractivity contribution in [2.75, 3.05) is 28.3 Å². The summed E-state index contributed by atoms with van der Waals surface area (Å²) in [4.78, 5) is 20.8. The third kappa shape index (κ3) is 4.60. The van der Waals surface area contributed by atoms with Crippen LogP contribution in [0.2, 0.25) is 0 Å². The molecule has 0 amide bonds. The second-order valence-corrected chi connectivity index (χ2v) is 9.40. The van der Waals surface area contributed by atoms with E-state index in [0.29, 0.717) is 39.7 Å². The van der Waals surface area contributed by atoms with E-state index in [1.54, 1.807) is 37.2 Å². The maximum absolute atomic E-state index is 13.3. The summed E-state index contributed by atoms with van der Waals surface area (Å²) in [7, 11) is 7.21. The number of rotatable bonds is 8. The molecule has 34 heavy (non-hydrogen) atoms. The number of methoxy groups -OCH3 is 2. The van der Waals surface area contributed by atoms with E-state index in [1.165, 1.54) is 11.3 Å². The first-order valence-electron chi connectivity index (χ1n) is 10.9. The number of fused-ring (bicyclic) bond motifs is 1. The van der Waals surface area contributed by atoms with Crippen LogP contribution in [0, 0.1) is 5.41 Å². The topological polar surface area (TPSA) is 80.4 Å². The molecule has 0 aliphatic heterocycles. The molecule has 1 N–H and O–H groups in total. The number of hydrogen-bond donors (Lipinski definition) is 1. The van der Waals surface area contributed by atoms with Crippen LogP contribution < -0.4 is 15.0 Å². The summed E-state index contributed by atoms with van der Waals surface area (Å²) in [6, 6.07) is 13.6. The van der Waals surface area contributed by atoms with Gasteiger partial charge in [-0.3, -0.25) is 14.3 Å². The summed E-state index contributed by atoms with van der Waals surface area (Å²) >= 11 is 1.45. The van der Waals surface area contributed by atoms with Crippen molar-refractivity contribution in [2.24, 2.45) is 0 Å². The number of pyridine rings is 2. The predicted octanol–water partition coefficient (Wildman–Crippen LogP) is 4.84. The van der Waals surface area contributed by atoms with Gasteiger partial charge in [0, 0.05) is 28.9 Å². The molecule has 0 saturated heterocycles. The molecule has 0 bridgehead atoms. The van der Waals surface area contributed by atoms with Crippen molar-refractivity contribution in [1.29, 1.82) is 5.41 Å². The van der Waals surface area contributed by atoms with E-state index < -0.39 is 0 Å². The largest absolute Gasteiger partial charge is 0.493 e. The molecule has 1 atom stereocenters. The van der Waals surface area contributed by atoms with Crippen LogP contribution in [0.1, 0.15) is 19.0 Å². The number of nitrogens with one attached hydrogen (secondary N) is 1. The second kappa shape index (κ2) is 9.79. The van der Waals surface area contributed by atoms with Gasteiger partial charge in [-0.15, -0.1) is 11.3 Å². The molecule has 0 unspecified atom stereocenters. The van der Waals surface area contributed by atoms with Crippen LogP contribution in [0.4, 0.5) is 0 Å². The first kappa shape index (κ1) is 23.7. The van der Waals surface area contributed by atoms with E-state index in [2.05, 4.69) is 16.8 Å². The Balaban J connectivity index is 1.65. The zero-order chi connectivity index (χ0) is 24.4. The van der Waals surface area contributed by atoms with Crippen molar-refractivity contribution in [3.8, 4) is 27.6 Å². The minimum Gasteiger partial charge on any atom is -0.493 e. The molecule has 3 aromatic heterocycles. The number of thiophene rings is 1. The Kier molecular flexibility index (Phi) is 6.81. The van der Waals surface area contributed by atoms with Gasteiger partial charge in [0.05, 0.1) is 37.5 Å². The standard InChI is InChI=1S/C26H28N4O3S/c1-16(29(2)3)12-20(27)21-8-7-19(15-28-21)30-11-10-18-14-24(34-25(18)26(30)31)17-6-9-22(32-4)23(13-17)33-5/h6-11,13-16,27H,12H2,1-5H3/t16-/m1/s1. The molecular formula is C26H28N4O3S. The first-order valence-corrected chi connectivity index (χ1v) is 11.7. The molecule has 176 valence electrons. The molecule has 0 saturated carbocycles. The summed E-state index contributed by atoms with van der Waals surface area (Å²) in [5, 5.41) is 9.23. The molecule has 7 nitrogen and oxygen atoms in total. The lowest BCUT2D eigenvalue weighted by Crippen LogP contribution is -2.27. The van der Waals surface area contributed by atoms with Crippen LogP contribution >= 0.6 is 11.3 Å². The lowest BCUT2D eigenvalue weighted by molar-refractivity contribution is 0.321. The highest BCUT2D eigenvalue weighted by atomic mass is 32.1. The van der Waals surface area contributed by atoms with Gasteiger partial charge in [0.1, 0.15) is 4.70 Å². The summed E-state index contributed by atoms with van der Waals surface area (Å²) in [5.41, 5.74) is 2.64.